The third-order valence-electron chi connectivity index (χ3n) is 6.05. The molecule has 33 heavy (non-hydrogen) atoms. The molecule has 0 aliphatic carbocycles. The van der Waals surface area contributed by atoms with Crippen LogP contribution in [0.25, 0.3) is 0 Å². The van der Waals surface area contributed by atoms with E-state index in [0.29, 0.717) is 23.4 Å². The van der Waals surface area contributed by atoms with E-state index in [-0.39, 0.29) is 11.8 Å². The zero-order chi connectivity index (χ0) is 23.0. The van der Waals surface area contributed by atoms with Crippen molar-refractivity contribution < 1.29 is 9.59 Å². The number of rotatable bonds is 7. The first-order valence-corrected chi connectivity index (χ1v) is 11.7. The van der Waals surface area contributed by atoms with Crippen LogP contribution in [0.1, 0.15) is 51.1 Å². The minimum atomic E-state index is -0.184. The number of piperidine rings is 1. The fourth-order valence-electron chi connectivity index (χ4n) is 4.17. The van der Waals surface area contributed by atoms with E-state index in [0.717, 1.165) is 43.6 Å². The zero-order valence-corrected chi connectivity index (χ0v) is 19.1. The summed E-state index contributed by atoms with van der Waals surface area (Å²) in [4.78, 5) is 28.2. The van der Waals surface area contributed by atoms with Gasteiger partial charge in [-0.1, -0.05) is 48.0 Å². The summed E-state index contributed by atoms with van der Waals surface area (Å²) in [5, 5.41) is 6.01. The van der Waals surface area contributed by atoms with Crippen molar-refractivity contribution in [1.29, 1.82) is 0 Å². The van der Waals surface area contributed by atoms with Crippen LogP contribution in [-0.4, -0.2) is 31.4 Å². The van der Waals surface area contributed by atoms with E-state index in [1.165, 1.54) is 12.0 Å². The summed E-state index contributed by atoms with van der Waals surface area (Å²) in [6.07, 6.45) is 4.25. The van der Waals surface area contributed by atoms with Gasteiger partial charge in [-0.2, -0.15) is 0 Å². The van der Waals surface area contributed by atoms with Crippen LogP contribution in [-0.2, 0) is 6.42 Å². The minimum Gasteiger partial charge on any atom is -0.371 e. The molecule has 0 unspecified atom stereocenters. The Bertz CT molecular complexity index is 1090. The van der Waals surface area contributed by atoms with Gasteiger partial charge in [0.05, 0.1) is 5.56 Å². The molecule has 2 N–H and O–H groups in total. The molecule has 1 saturated heterocycles. The lowest BCUT2D eigenvalue weighted by Crippen LogP contribution is -2.33. The second kappa shape index (κ2) is 10.8. The number of benzene rings is 3. The van der Waals surface area contributed by atoms with Gasteiger partial charge in [-0.25, -0.2) is 0 Å². The van der Waals surface area contributed by atoms with Crippen LogP contribution in [0.15, 0.2) is 72.8 Å². The van der Waals surface area contributed by atoms with Gasteiger partial charge in [0.1, 0.15) is 0 Å². The largest absolute Gasteiger partial charge is 0.371 e. The number of nitrogens with one attached hydrogen (secondary N) is 2. The molecule has 0 spiro atoms. The standard InChI is InChI=1S/C28H31N3O2/c1-21-10-12-23(13-11-21)27(32)30-24-14-15-26(31-18-6-3-7-19-31)25(20-24)28(33)29-17-16-22-8-4-2-5-9-22/h2,4-5,8-15,20H,3,6-7,16-19H2,1H3,(H,29,33)(H,30,32). The van der Waals surface area contributed by atoms with Crippen molar-refractivity contribution in [3.05, 3.63) is 95.1 Å². The summed E-state index contributed by atoms with van der Waals surface area (Å²) in [5.41, 5.74) is 5.04. The number of nitrogens with zero attached hydrogens (tertiary/aromatic N) is 1. The Balaban J connectivity index is 1.51. The fourth-order valence-corrected chi connectivity index (χ4v) is 4.17. The van der Waals surface area contributed by atoms with Gasteiger partial charge in [-0.3, -0.25) is 9.59 Å². The highest BCUT2D eigenvalue weighted by atomic mass is 16.2. The zero-order valence-electron chi connectivity index (χ0n) is 19.1. The molecule has 5 heteroatoms. The van der Waals surface area contributed by atoms with Gasteiger partial charge < -0.3 is 15.5 Å². The number of hydrogen-bond acceptors (Lipinski definition) is 3. The average Bonchev–Trinajstić information content (AvgIpc) is 2.85. The first-order chi connectivity index (χ1) is 16.1. The summed E-state index contributed by atoms with van der Waals surface area (Å²) < 4.78 is 0. The second-order valence-electron chi connectivity index (χ2n) is 8.59. The monoisotopic (exact) mass is 441 g/mol. The Kier molecular flexibility index (Phi) is 7.40. The fraction of sp³-hybridized carbons (Fsp3) is 0.286. The van der Waals surface area contributed by atoms with Crippen molar-refractivity contribution in [2.24, 2.45) is 0 Å². The molecule has 3 aromatic carbocycles. The number of carbonyl (C=O) groups excluding carboxylic acids is 2. The molecule has 0 radical (unpaired) electrons. The summed E-state index contributed by atoms with van der Waals surface area (Å²) in [6, 6.07) is 23.2. The maximum absolute atomic E-state index is 13.2. The minimum absolute atomic E-state index is 0.113. The number of carbonyl (C=O) groups is 2. The smallest absolute Gasteiger partial charge is 0.255 e. The van der Waals surface area contributed by atoms with E-state index in [4.69, 9.17) is 0 Å². The SMILES string of the molecule is Cc1ccc(C(=O)Nc2ccc(N3CCCCC3)c(C(=O)NCCc3ccccc3)c2)cc1. The van der Waals surface area contributed by atoms with E-state index in [9.17, 15) is 9.59 Å². The quantitative estimate of drug-likeness (QED) is 0.529. The predicted octanol–water partition coefficient (Wildman–Crippen LogP) is 5.21. The van der Waals surface area contributed by atoms with Crippen molar-refractivity contribution in [2.75, 3.05) is 29.9 Å². The summed E-state index contributed by atoms with van der Waals surface area (Å²) >= 11 is 0. The second-order valence-corrected chi connectivity index (χ2v) is 8.59. The van der Waals surface area contributed by atoms with E-state index in [1.54, 1.807) is 6.07 Å². The van der Waals surface area contributed by atoms with Crippen molar-refractivity contribution in [2.45, 2.75) is 32.6 Å². The highest BCUT2D eigenvalue weighted by molar-refractivity contribution is 6.06. The van der Waals surface area contributed by atoms with E-state index < -0.39 is 0 Å². The lowest BCUT2D eigenvalue weighted by Gasteiger charge is -2.30. The Hall–Kier alpha value is -3.60. The van der Waals surface area contributed by atoms with Gasteiger partial charge >= 0.3 is 0 Å². The Morgan fingerprint density at radius 2 is 1.58 bits per heavy atom. The number of hydrogen-bond donors (Lipinski definition) is 2. The maximum atomic E-state index is 13.2. The van der Waals surface area contributed by atoms with Crippen LogP contribution in [0.5, 0.6) is 0 Å². The van der Waals surface area contributed by atoms with E-state index >= 15 is 0 Å². The molecule has 1 aliphatic heterocycles. The van der Waals surface area contributed by atoms with Crippen molar-refractivity contribution >= 4 is 23.2 Å². The van der Waals surface area contributed by atoms with Crippen LogP contribution < -0.4 is 15.5 Å². The lowest BCUT2D eigenvalue weighted by molar-refractivity contribution is 0.0953. The first kappa shape index (κ1) is 22.6. The topological polar surface area (TPSA) is 61.4 Å². The van der Waals surface area contributed by atoms with Crippen LogP contribution in [0.4, 0.5) is 11.4 Å². The molecule has 3 aromatic rings. The third-order valence-corrected chi connectivity index (χ3v) is 6.05. The van der Waals surface area contributed by atoms with Crippen molar-refractivity contribution in [3.63, 3.8) is 0 Å². The van der Waals surface area contributed by atoms with Gasteiger partial charge in [0.25, 0.3) is 11.8 Å². The number of anilines is 2. The molecule has 0 aromatic heterocycles. The Morgan fingerprint density at radius 1 is 0.848 bits per heavy atom. The van der Waals surface area contributed by atoms with Crippen LogP contribution in [0, 0.1) is 6.92 Å². The average molecular weight is 442 g/mol. The highest BCUT2D eigenvalue weighted by Crippen LogP contribution is 2.27. The van der Waals surface area contributed by atoms with Gasteiger partial charge in [-0.05, 0) is 68.5 Å². The Labute approximate surface area is 195 Å². The van der Waals surface area contributed by atoms with Gasteiger partial charge in [0.15, 0.2) is 0 Å². The van der Waals surface area contributed by atoms with Crippen LogP contribution in [0.2, 0.25) is 0 Å². The molecule has 2 amide bonds. The summed E-state index contributed by atoms with van der Waals surface area (Å²) in [7, 11) is 0. The van der Waals surface area contributed by atoms with Gasteiger partial charge in [0, 0.05) is 36.6 Å². The van der Waals surface area contributed by atoms with E-state index in [2.05, 4.69) is 27.7 Å². The van der Waals surface area contributed by atoms with Crippen LogP contribution in [0.3, 0.4) is 0 Å². The molecule has 1 aliphatic rings. The summed E-state index contributed by atoms with van der Waals surface area (Å²) in [5.74, 6) is -0.297. The summed E-state index contributed by atoms with van der Waals surface area (Å²) in [6.45, 7) is 4.44. The molecule has 0 bridgehead atoms. The molecule has 5 nitrogen and oxygen atoms in total. The lowest BCUT2D eigenvalue weighted by atomic mass is 10.1. The maximum Gasteiger partial charge on any atom is 0.255 e. The Morgan fingerprint density at radius 3 is 2.30 bits per heavy atom. The number of aryl methyl sites for hydroxylation is 1. The number of amides is 2. The molecular formula is C28H31N3O2. The normalized spacial score (nSPS) is 13.4. The van der Waals surface area contributed by atoms with Gasteiger partial charge in [0.2, 0.25) is 0 Å². The molecule has 0 atom stereocenters. The molecule has 4 rings (SSSR count). The van der Waals surface area contributed by atoms with Crippen molar-refractivity contribution in [1.82, 2.24) is 5.32 Å². The third kappa shape index (κ3) is 6.01. The highest BCUT2D eigenvalue weighted by Gasteiger charge is 2.20. The molecule has 1 fully saturated rings. The molecule has 0 saturated carbocycles. The van der Waals surface area contributed by atoms with Gasteiger partial charge in [-0.15, -0.1) is 0 Å². The van der Waals surface area contributed by atoms with Crippen molar-refractivity contribution in [3.8, 4) is 0 Å². The molecular weight excluding hydrogens is 410 g/mol. The first-order valence-electron chi connectivity index (χ1n) is 11.7. The molecule has 1 heterocycles. The predicted molar refractivity (Wildman–Crippen MR) is 134 cm³/mol. The van der Waals surface area contributed by atoms with Crippen LogP contribution >= 0.6 is 0 Å². The van der Waals surface area contributed by atoms with E-state index in [1.807, 2.05) is 61.5 Å². The molecule has 170 valence electrons.